The molecule has 0 amide bonds. The van der Waals surface area contributed by atoms with Gasteiger partial charge in [-0.25, -0.2) is 0 Å². The molecule has 1 fully saturated rings. The van der Waals surface area contributed by atoms with Crippen LogP contribution in [0.15, 0.2) is 0 Å². The SMILES string of the molecule is CC(Cl)c1nn2c(C3CCCO3)nnc2s1. The fourth-order valence-corrected chi connectivity index (χ4v) is 2.74. The van der Waals surface area contributed by atoms with Crippen LogP contribution in [-0.4, -0.2) is 26.4 Å². The molecule has 0 N–H and O–H groups in total. The number of halogens is 1. The van der Waals surface area contributed by atoms with Crippen LogP contribution in [-0.2, 0) is 4.74 Å². The minimum Gasteiger partial charge on any atom is -0.370 e. The second-order valence-corrected chi connectivity index (χ2v) is 5.45. The molecular weight excluding hydrogens is 248 g/mol. The molecule has 3 rings (SSSR count). The Bertz CT molecular complexity index is 503. The van der Waals surface area contributed by atoms with Gasteiger partial charge in [-0.1, -0.05) is 11.3 Å². The maximum Gasteiger partial charge on any atom is 0.234 e. The first kappa shape index (κ1) is 10.4. The Kier molecular flexibility index (Phi) is 2.57. The summed E-state index contributed by atoms with van der Waals surface area (Å²) < 4.78 is 7.34. The summed E-state index contributed by atoms with van der Waals surface area (Å²) >= 11 is 7.47. The van der Waals surface area contributed by atoms with E-state index in [1.165, 1.54) is 11.3 Å². The highest BCUT2D eigenvalue weighted by Crippen LogP contribution is 2.30. The van der Waals surface area contributed by atoms with Crippen molar-refractivity contribution in [1.29, 1.82) is 0 Å². The number of ether oxygens (including phenoxy) is 1. The predicted molar refractivity (Wildman–Crippen MR) is 60.9 cm³/mol. The second-order valence-electron chi connectivity index (χ2n) is 3.81. The summed E-state index contributed by atoms with van der Waals surface area (Å²) in [6.45, 7) is 2.70. The quantitative estimate of drug-likeness (QED) is 0.776. The maximum absolute atomic E-state index is 6.00. The number of alkyl halides is 1. The van der Waals surface area contributed by atoms with E-state index in [9.17, 15) is 0 Å². The molecule has 2 aromatic rings. The van der Waals surface area contributed by atoms with Crippen molar-refractivity contribution in [3.63, 3.8) is 0 Å². The average Bonchev–Trinajstić information content (AvgIpc) is 2.92. The molecule has 2 atom stereocenters. The van der Waals surface area contributed by atoms with Crippen molar-refractivity contribution in [2.45, 2.75) is 31.2 Å². The molecule has 0 radical (unpaired) electrons. The first-order chi connectivity index (χ1) is 7.75. The number of hydrogen-bond donors (Lipinski definition) is 0. The Balaban J connectivity index is 2.04. The molecule has 7 heteroatoms. The van der Waals surface area contributed by atoms with Gasteiger partial charge in [0.2, 0.25) is 4.96 Å². The molecule has 0 spiro atoms. The molecule has 16 heavy (non-hydrogen) atoms. The summed E-state index contributed by atoms with van der Waals surface area (Å²) in [6.07, 6.45) is 2.10. The summed E-state index contributed by atoms with van der Waals surface area (Å²) in [5.41, 5.74) is 0. The molecule has 2 unspecified atom stereocenters. The van der Waals surface area contributed by atoms with Gasteiger partial charge in [0.15, 0.2) is 5.82 Å². The molecule has 1 aliphatic rings. The molecule has 5 nitrogen and oxygen atoms in total. The van der Waals surface area contributed by atoms with E-state index in [4.69, 9.17) is 16.3 Å². The number of rotatable bonds is 2. The van der Waals surface area contributed by atoms with Crippen LogP contribution < -0.4 is 0 Å². The van der Waals surface area contributed by atoms with Crippen molar-refractivity contribution < 1.29 is 4.74 Å². The predicted octanol–water partition coefficient (Wildman–Crippen LogP) is 2.34. The normalized spacial score (nSPS) is 23.0. The standard InChI is InChI=1S/C9H11ClN4OS/c1-5(10)8-13-14-7(6-3-2-4-15-6)11-12-9(14)16-8/h5-6H,2-4H2,1H3. The van der Waals surface area contributed by atoms with Crippen LogP contribution in [0.3, 0.4) is 0 Å². The van der Waals surface area contributed by atoms with E-state index in [-0.39, 0.29) is 11.5 Å². The van der Waals surface area contributed by atoms with Gasteiger partial charge in [-0.3, -0.25) is 0 Å². The van der Waals surface area contributed by atoms with Gasteiger partial charge in [-0.05, 0) is 19.8 Å². The van der Waals surface area contributed by atoms with E-state index in [1.807, 2.05) is 6.92 Å². The third kappa shape index (κ3) is 1.61. The van der Waals surface area contributed by atoms with Crippen LogP contribution in [0.4, 0.5) is 0 Å². The molecule has 0 aliphatic carbocycles. The number of nitrogens with zero attached hydrogens (tertiary/aromatic N) is 4. The van der Waals surface area contributed by atoms with Gasteiger partial charge in [0.05, 0.1) is 5.38 Å². The third-order valence-electron chi connectivity index (χ3n) is 2.59. The monoisotopic (exact) mass is 258 g/mol. The minimum absolute atomic E-state index is 0.0376. The first-order valence-corrected chi connectivity index (χ1v) is 6.48. The zero-order valence-electron chi connectivity index (χ0n) is 8.76. The Morgan fingerprint density at radius 2 is 2.44 bits per heavy atom. The van der Waals surface area contributed by atoms with Crippen molar-refractivity contribution in [2.24, 2.45) is 0 Å². The van der Waals surface area contributed by atoms with Crippen LogP contribution in [0.25, 0.3) is 4.96 Å². The van der Waals surface area contributed by atoms with Gasteiger partial charge >= 0.3 is 0 Å². The molecule has 0 saturated carbocycles. The van der Waals surface area contributed by atoms with E-state index >= 15 is 0 Å². The molecule has 86 valence electrons. The number of hydrogen-bond acceptors (Lipinski definition) is 5. The van der Waals surface area contributed by atoms with Crippen molar-refractivity contribution in [1.82, 2.24) is 19.8 Å². The lowest BCUT2D eigenvalue weighted by Gasteiger charge is -2.04. The summed E-state index contributed by atoms with van der Waals surface area (Å²) in [5.74, 6) is 0.798. The molecule has 0 bridgehead atoms. The lowest BCUT2D eigenvalue weighted by Crippen LogP contribution is -2.03. The molecule has 0 aromatic carbocycles. The van der Waals surface area contributed by atoms with Gasteiger partial charge < -0.3 is 4.74 Å². The van der Waals surface area contributed by atoms with Gasteiger partial charge in [-0.15, -0.1) is 21.8 Å². The number of fused-ring (bicyclic) bond motifs is 1. The highest BCUT2D eigenvalue weighted by molar-refractivity contribution is 7.16. The van der Waals surface area contributed by atoms with Gasteiger partial charge in [0.1, 0.15) is 11.1 Å². The lowest BCUT2D eigenvalue weighted by molar-refractivity contribution is 0.103. The highest BCUT2D eigenvalue weighted by Gasteiger charge is 2.25. The zero-order valence-corrected chi connectivity index (χ0v) is 10.3. The first-order valence-electron chi connectivity index (χ1n) is 5.23. The van der Waals surface area contributed by atoms with Crippen LogP contribution in [0.5, 0.6) is 0 Å². The molecule has 1 aliphatic heterocycles. The summed E-state index contributed by atoms with van der Waals surface area (Å²) in [5, 5.41) is 13.4. The van der Waals surface area contributed by atoms with E-state index < -0.39 is 0 Å². The third-order valence-corrected chi connectivity index (χ3v) is 4.01. The Morgan fingerprint density at radius 1 is 1.56 bits per heavy atom. The molecule has 2 aromatic heterocycles. The molecule has 3 heterocycles. The Morgan fingerprint density at radius 3 is 3.12 bits per heavy atom. The summed E-state index contributed by atoms with van der Waals surface area (Å²) in [6, 6.07) is 0. The average molecular weight is 259 g/mol. The van der Waals surface area contributed by atoms with Gasteiger partial charge in [0, 0.05) is 6.61 Å². The van der Waals surface area contributed by atoms with Gasteiger partial charge in [0.25, 0.3) is 0 Å². The minimum atomic E-state index is -0.0935. The van der Waals surface area contributed by atoms with E-state index in [1.54, 1.807) is 4.52 Å². The Labute approximate surface area is 101 Å². The van der Waals surface area contributed by atoms with Crippen molar-refractivity contribution in [3.8, 4) is 0 Å². The van der Waals surface area contributed by atoms with E-state index in [0.717, 1.165) is 35.2 Å². The largest absolute Gasteiger partial charge is 0.370 e. The van der Waals surface area contributed by atoms with E-state index in [0.29, 0.717) is 0 Å². The Hall–Kier alpha value is -0.720. The van der Waals surface area contributed by atoms with Crippen molar-refractivity contribution >= 4 is 27.9 Å². The van der Waals surface area contributed by atoms with E-state index in [2.05, 4.69) is 15.3 Å². The number of aromatic nitrogens is 4. The zero-order chi connectivity index (χ0) is 11.1. The highest BCUT2D eigenvalue weighted by atomic mass is 35.5. The van der Waals surface area contributed by atoms with Crippen molar-refractivity contribution in [2.75, 3.05) is 6.61 Å². The lowest BCUT2D eigenvalue weighted by atomic mass is 10.2. The molecular formula is C9H11ClN4OS. The van der Waals surface area contributed by atoms with Crippen LogP contribution in [0.1, 0.15) is 42.1 Å². The summed E-state index contributed by atoms with van der Waals surface area (Å²) in [4.78, 5) is 0.785. The van der Waals surface area contributed by atoms with Crippen LogP contribution in [0, 0.1) is 0 Å². The second kappa shape index (κ2) is 3.94. The van der Waals surface area contributed by atoms with Crippen LogP contribution >= 0.6 is 22.9 Å². The fourth-order valence-electron chi connectivity index (χ4n) is 1.79. The topological polar surface area (TPSA) is 52.3 Å². The molecule has 1 saturated heterocycles. The fraction of sp³-hybridized carbons (Fsp3) is 0.667. The smallest absolute Gasteiger partial charge is 0.234 e. The maximum atomic E-state index is 6.00. The van der Waals surface area contributed by atoms with Crippen molar-refractivity contribution in [3.05, 3.63) is 10.8 Å². The summed E-state index contributed by atoms with van der Waals surface area (Å²) in [7, 11) is 0. The van der Waals surface area contributed by atoms with Crippen LogP contribution in [0.2, 0.25) is 0 Å². The van der Waals surface area contributed by atoms with Gasteiger partial charge in [-0.2, -0.15) is 9.61 Å².